The molecule has 5 rings (SSSR count). The van der Waals surface area contributed by atoms with Crippen LogP contribution in [0.5, 0.6) is 0 Å². The normalized spacial score (nSPS) is 39.8. The van der Waals surface area contributed by atoms with Gasteiger partial charge >= 0.3 is 0 Å². The Morgan fingerprint density at radius 2 is 1.64 bits per heavy atom. The molecule has 5 heteroatoms. The van der Waals surface area contributed by atoms with Crippen molar-refractivity contribution in [1.29, 1.82) is 0 Å². The molecule has 0 amide bonds. The molecule has 0 aliphatic heterocycles. The Bertz CT molecular complexity index is 931. The smallest absolute Gasteiger partial charge is 0.147 e. The number of hydrogen-bond acceptors (Lipinski definition) is 4. The second-order valence-electron chi connectivity index (χ2n) is 12.0. The fourth-order valence-corrected chi connectivity index (χ4v) is 8.73. The number of ether oxygens (including phenoxy) is 4. The van der Waals surface area contributed by atoms with Gasteiger partial charge in [-0.3, -0.25) is 0 Å². The molecule has 0 N–H and O–H groups in total. The molecule has 3 fully saturated rings. The summed E-state index contributed by atoms with van der Waals surface area (Å²) in [5, 5.41) is 0. The van der Waals surface area contributed by atoms with Crippen LogP contribution in [0.4, 0.5) is 4.39 Å². The van der Waals surface area contributed by atoms with Crippen LogP contribution in [0, 0.1) is 34.4 Å². The van der Waals surface area contributed by atoms with Crippen LogP contribution in [-0.4, -0.2) is 38.5 Å². The summed E-state index contributed by atoms with van der Waals surface area (Å²) in [7, 11) is 0. The molecule has 0 unspecified atom stereocenters. The van der Waals surface area contributed by atoms with Gasteiger partial charge in [-0.15, -0.1) is 0 Å². The molecule has 1 aromatic rings. The molecule has 0 aromatic heterocycles. The van der Waals surface area contributed by atoms with Gasteiger partial charge in [-0.2, -0.15) is 0 Å². The average Bonchev–Trinajstić information content (AvgIpc) is 3.18. The molecule has 200 valence electrons. The summed E-state index contributed by atoms with van der Waals surface area (Å²) in [6, 6.07) is 7.06. The predicted octanol–water partition coefficient (Wildman–Crippen LogP) is 7.37. The van der Waals surface area contributed by atoms with E-state index in [-0.39, 0.29) is 16.8 Å². The highest BCUT2D eigenvalue weighted by atomic mass is 19.1. The maximum atomic E-state index is 13.7. The Balaban J connectivity index is 1.42. The van der Waals surface area contributed by atoms with E-state index in [1.807, 2.05) is 26.0 Å². The Hall–Kier alpha value is -1.27. The van der Waals surface area contributed by atoms with E-state index in [4.69, 9.17) is 18.9 Å². The molecule has 0 radical (unpaired) electrons. The van der Waals surface area contributed by atoms with Crippen LogP contribution in [0.15, 0.2) is 30.3 Å². The first-order valence-corrected chi connectivity index (χ1v) is 14.3. The Morgan fingerprint density at radius 1 is 0.889 bits per heavy atom. The van der Waals surface area contributed by atoms with E-state index in [1.54, 1.807) is 12.1 Å². The van der Waals surface area contributed by atoms with Gasteiger partial charge < -0.3 is 18.9 Å². The zero-order chi connectivity index (χ0) is 25.4. The lowest BCUT2D eigenvalue weighted by Gasteiger charge is -2.64. The van der Waals surface area contributed by atoms with Gasteiger partial charge in [0.05, 0.1) is 11.7 Å². The van der Waals surface area contributed by atoms with E-state index in [9.17, 15) is 4.39 Å². The number of halogens is 1. The summed E-state index contributed by atoms with van der Waals surface area (Å²) < 4.78 is 38.0. The van der Waals surface area contributed by atoms with Crippen LogP contribution < -0.4 is 0 Å². The first-order chi connectivity index (χ1) is 17.4. The quantitative estimate of drug-likeness (QED) is 0.262. The van der Waals surface area contributed by atoms with Crippen molar-refractivity contribution in [2.75, 3.05) is 26.8 Å². The van der Waals surface area contributed by atoms with Gasteiger partial charge in [-0.1, -0.05) is 32.1 Å². The second-order valence-corrected chi connectivity index (χ2v) is 12.0. The lowest BCUT2D eigenvalue weighted by atomic mass is 9.43. The van der Waals surface area contributed by atoms with Gasteiger partial charge in [-0.05, 0) is 112 Å². The average molecular weight is 501 g/mol. The minimum absolute atomic E-state index is 0.107. The number of hydrogen-bond donors (Lipinski definition) is 0. The van der Waals surface area contributed by atoms with E-state index in [2.05, 4.69) is 19.9 Å². The van der Waals surface area contributed by atoms with E-state index in [0.29, 0.717) is 56.1 Å². The first kappa shape index (κ1) is 26.3. The van der Waals surface area contributed by atoms with Gasteiger partial charge in [0.15, 0.2) is 0 Å². The summed E-state index contributed by atoms with van der Waals surface area (Å²) in [4.78, 5) is 0. The molecule has 7 atom stereocenters. The van der Waals surface area contributed by atoms with Crippen molar-refractivity contribution in [1.82, 2.24) is 0 Å². The summed E-state index contributed by atoms with van der Waals surface area (Å²) in [6.45, 7) is 11.1. The number of rotatable bonds is 9. The van der Waals surface area contributed by atoms with Crippen molar-refractivity contribution in [3.8, 4) is 0 Å². The maximum absolute atomic E-state index is 13.7. The van der Waals surface area contributed by atoms with Gasteiger partial charge in [0.1, 0.15) is 19.4 Å². The Morgan fingerprint density at radius 3 is 2.39 bits per heavy atom. The molecule has 36 heavy (non-hydrogen) atoms. The fraction of sp³-hybridized carbons (Fsp3) is 0.742. The Kier molecular flexibility index (Phi) is 7.67. The van der Waals surface area contributed by atoms with Crippen molar-refractivity contribution < 1.29 is 23.3 Å². The van der Waals surface area contributed by atoms with Crippen molar-refractivity contribution in [3.05, 3.63) is 41.7 Å². The molecular formula is C31H45FO4. The minimum atomic E-state index is -0.273. The van der Waals surface area contributed by atoms with E-state index in [0.717, 1.165) is 31.2 Å². The zero-order valence-electron chi connectivity index (χ0n) is 22.7. The third kappa shape index (κ3) is 4.28. The highest BCUT2D eigenvalue weighted by Crippen LogP contribution is 2.70. The fourth-order valence-electron chi connectivity index (χ4n) is 8.73. The second kappa shape index (κ2) is 10.5. The zero-order valence-corrected chi connectivity index (χ0v) is 22.7. The van der Waals surface area contributed by atoms with Gasteiger partial charge in [0, 0.05) is 18.6 Å². The van der Waals surface area contributed by atoms with Crippen LogP contribution in [0.1, 0.15) is 84.6 Å². The van der Waals surface area contributed by atoms with E-state index in [1.165, 1.54) is 31.3 Å². The van der Waals surface area contributed by atoms with E-state index >= 15 is 0 Å². The molecular weight excluding hydrogens is 455 g/mol. The molecule has 1 aromatic carbocycles. The molecule has 0 heterocycles. The molecule has 4 nitrogen and oxygen atoms in total. The first-order valence-electron chi connectivity index (χ1n) is 14.3. The SMILES string of the molecule is CCOCO[C@H]1CC[C@@]2(C)[C@H](CC[C@@H]3[C@@H]2CC[C@]2(C)C(c4ccc(F)cc4)=CC[C@]32OCOCC)C1. The lowest BCUT2D eigenvalue weighted by molar-refractivity contribution is -0.250. The molecule has 0 saturated heterocycles. The highest BCUT2D eigenvalue weighted by molar-refractivity contribution is 5.74. The third-order valence-corrected chi connectivity index (χ3v) is 10.7. The van der Waals surface area contributed by atoms with Crippen LogP contribution >= 0.6 is 0 Å². The predicted molar refractivity (Wildman–Crippen MR) is 140 cm³/mol. The molecule has 3 saturated carbocycles. The van der Waals surface area contributed by atoms with Crippen molar-refractivity contribution in [2.45, 2.75) is 90.8 Å². The molecule has 0 spiro atoms. The van der Waals surface area contributed by atoms with Gasteiger partial charge in [0.2, 0.25) is 0 Å². The van der Waals surface area contributed by atoms with Crippen LogP contribution in [0.2, 0.25) is 0 Å². The van der Waals surface area contributed by atoms with Crippen LogP contribution in [0.25, 0.3) is 5.57 Å². The highest BCUT2D eigenvalue weighted by Gasteiger charge is 2.66. The summed E-state index contributed by atoms with van der Waals surface area (Å²) in [5.74, 6) is 1.64. The van der Waals surface area contributed by atoms with Gasteiger partial charge in [0.25, 0.3) is 0 Å². The topological polar surface area (TPSA) is 36.9 Å². The van der Waals surface area contributed by atoms with E-state index < -0.39 is 0 Å². The van der Waals surface area contributed by atoms with Crippen molar-refractivity contribution >= 4 is 5.57 Å². The van der Waals surface area contributed by atoms with Gasteiger partial charge in [-0.25, -0.2) is 4.39 Å². The number of fused-ring (bicyclic) bond motifs is 5. The third-order valence-electron chi connectivity index (χ3n) is 10.7. The molecule has 4 aliphatic rings. The summed E-state index contributed by atoms with van der Waals surface area (Å²) >= 11 is 0. The Labute approximate surface area is 216 Å². The number of benzene rings is 1. The largest absolute Gasteiger partial charge is 0.356 e. The van der Waals surface area contributed by atoms with Crippen LogP contribution in [-0.2, 0) is 18.9 Å². The summed E-state index contributed by atoms with van der Waals surface area (Å²) in [6.07, 6.45) is 11.8. The maximum Gasteiger partial charge on any atom is 0.147 e. The standard InChI is InChI=1S/C31H45FO4/c1-5-33-20-35-25-13-16-29(3)23(19-25)9-12-28-27(29)14-17-30(4)26(22-7-10-24(32)11-8-22)15-18-31(28,30)36-21-34-6-2/h7-8,10-11,15,23,25,27-28H,5-6,9,12-14,16-21H2,1-4H3/t23-,25+,27+,28-,29+,30-,31+/m1/s1. The molecule has 0 bridgehead atoms. The van der Waals surface area contributed by atoms with Crippen LogP contribution in [0.3, 0.4) is 0 Å². The van der Waals surface area contributed by atoms with Crippen molar-refractivity contribution in [2.24, 2.45) is 28.6 Å². The monoisotopic (exact) mass is 500 g/mol. The summed E-state index contributed by atoms with van der Waals surface area (Å²) in [5.41, 5.74) is 2.40. The van der Waals surface area contributed by atoms with Crippen molar-refractivity contribution in [3.63, 3.8) is 0 Å². The molecule has 4 aliphatic carbocycles. The minimum Gasteiger partial charge on any atom is -0.356 e. The lowest BCUT2D eigenvalue weighted by Crippen LogP contribution is -2.63.